The Labute approximate surface area is 123 Å². The van der Waals surface area contributed by atoms with Gasteiger partial charge in [0, 0.05) is 32.8 Å². The highest BCUT2D eigenvalue weighted by Gasteiger charge is 2.27. The molecule has 2 N–H and O–H groups in total. The number of ether oxygens (including phenoxy) is 1. The lowest BCUT2D eigenvalue weighted by Gasteiger charge is -2.10. The summed E-state index contributed by atoms with van der Waals surface area (Å²) in [7, 11) is -2.35. The van der Waals surface area contributed by atoms with Gasteiger partial charge in [-0.25, -0.2) is 13.1 Å². The van der Waals surface area contributed by atoms with Gasteiger partial charge in [-0.15, -0.1) is 0 Å². The normalized spacial score (nSPS) is 11.5. The van der Waals surface area contributed by atoms with Gasteiger partial charge in [-0.1, -0.05) is 12.1 Å². The first-order valence-corrected chi connectivity index (χ1v) is 7.82. The van der Waals surface area contributed by atoms with Crippen molar-refractivity contribution in [2.24, 2.45) is 0 Å². The molecule has 0 amide bonds. The third kappa shape index (κ3) is 5.05. The molecule has 118 valence electrons. The number of hydrogen-bond acceptors (Lipinski definition) is 6. The quantitative estimate of drug-likeness (QED) is 0.388. The lowest BCUT2D eigenvalue weighted by molar-refractivity contribution is -0.387. The van der Waals surface area contributed by atoms with Gasteiger partial charge in [-0.2, -0.15) is 0 Å². The van der Waals surface area contributed by atoms with E-state index in [4.69, 9.17) is 4.74 Å². The monoisotopic (exact) mass is 317 g/mol. The van der Waals surface area contributed by atoms with Crippen LogP contribution >= 0.6 is 0 Å². The molecule has 0 aromatic heterocycles. The fourth-order valence-corrected chi connectivity index (χ4v) is 3.20. The number of hydrogen-bond donors (Lipinski definition) is 2. The van der Waals surface area contributed by atoms with E-state index in [1.807, 2.05) is 0 Å². The van der Waals surface area contributed by atoms with Crippen molar-refractivity contribution in [3.05, 3.63) is 33.9 Å². The first-order chi connectivity index (χ1) is 9.90. The average Bonchev–Trinajstić information content (AvgIpc) is 2.42. The predicted octanol–water partition coefficient (Wildman–Crippen LogP) is 0.418. The van der Waals surface area contributed by atoms with E-state index in [1.165, 1.54) is 25.1 Å². The maximum Gasteiger partial charge on any atom is 0.289 e. The van der Waals surface area contributed by atoms with Crippen molar-refractivity contribution in [3.8, 4) is 0 Å². The van der Waals surface area contributed by atoms with E-state index < -0.39 is 20.6 Å². The van der Waals surface area contributed by atoms with E-state index in [0.29, 0.717) is 25.3 Å². The molecule has 0 saturated heterocycles. The number of rotatable bonds is 9. The molecular formula is C12H19N3O5S. The standard InChI is InChI=1S/C12H19N3O5S/c1-10-4-3-5-11(15(16)17)12(10)21(18,19)14-7-6-13-8-9-20-2/h3-5,13-14H,6-9H2,1-2H3. The number of nitro groups is 1. The Hall–Kier alpha value is -1.55. The van der Waals surface area contributed by atoms with Crippen LogP contribution in [0.4, 0.5) is 5.69 Å². The van der Waals surface area contributed by atoms with Gasteiger partial charge in [0.15, 0.2) is 4.90 Å². The number of nitro benzene ring substituents is 1. The number of benzene rings is 1. The number of nitrogens with zero attached hydrogens (tertiary/aromatic N) is 1. The highest BCUT2D eigenvalue weighted by Crippen LogP contribution is 2.26. The Kier molecular flexibility index (Phi) is 6.69. The summed E-state index contributed by atoms with van der Waals surface area (Å²) < 4.78 is 31.6. The maximum atomic E-state index is 12.2. The van der Waals surface area contributed by atoms with E-state index >= 15 is 0 Å². The molecule has 8 nitrogen and oxygen atoms in total. The molecule has 0 saturated carbocycles. The molecule has 1 aromatic rings. The summed E-state index contributed by atoms with van der Waals surface area (Å²) in [5, 5.41) is 13.9. The lowest BCUT2D eigenvalue weighted by atomic mass is 10.2. The number of sulfonamides is 1. The van der Waals surface area contributed by atoms with Crippen molar-refractivity contribution in [2.45, 2.75) is 11.8 Å². The summed E-state index contributed by atoms with van der Waals surface area (Å²) in [4.78, 5) is 9.97. The minimum Gasteiger partial charge on any atom is -0.383 e. The molecule has 21 heavy (non-hydrogen) atoms. The molecule has 1 rings (SSSR count). The third-order valence-corrected chi connectivity index (χ3v) is 4.39. The molecule has 0 aliphatic rings. The summed E-state index contributed by atoms with van der Waals surface area (Å²) in [6.07, 6.45) is 0. The largest absolute Gasteiger partial charge is 0.383 e. The Balaban J connectivity index is 2.77. The molecule has 0 bridgehead atoms. The molecular weight excluding hydrogens is 298 g/mol. The Morgan fingerprint density at radius 1 is 1.29 bits per heavy atom. The van der Waals surface area contributed by atoms with Crippen LogP contribution < -0.4 is 10.0 Å². The van der Waals surface area contributed by atoms with Crippen molar-refractivity contribution in [1.29, 1.82) is 0 Å². The van der Waals surface area contributed by atoms with Gasteiger partial charge in [-0.3, -0.25) is 10.1 Å². The van der Waals surface area contributed by atoms with Crippen molar-refractivity contribution < 1.29 is 18.1 Å². The van der Waals surface area contributed by atoms with Gasteiger partial charge in [-0.05, 0) is 12.5 Å². The third-order valence-electron chi connectivity index (χ3n) is 2.73. The van der Waals surface area contributed by atoms with E-state index in [2.05, 4.69) is 10.0 Å². The van der Waals surface area contributed by atoms with Gasteiger partial charge in [0.05, 0.1) is 11.5 Å². The van der Waals surface area contributed by atoms with Crippen LogP contribution in [0.3, 0.4) is 0 Å². The maximum absolute atomic E-state index is 12.2. The highest BCUT2D eigenvalue weighted by molar-refractivity contribution is 7.89. The fourth-order valence-electron chi connectivity index (χ4n) is 1.78. The van der Waals surface area contributed by atoms with Crippen LogP contribution in [0.25, 0.3) is 0 Å². The summed E-state index contributed by atoms with van der Waals surface area (Å²) in [5.74, 6) is 0. The first-order valence-electron chi connectivity index (χ1n) is 6.33. The minimum absolute atomic E-state index is 0.136. The zero-order chi connectivity index (χ0) is 15.9. The summed E-state index contributed by atoms with van der Waals surface area (Å²) >= 11 is 0. The van der Waals surface area contributed by atoms with Gasteiger partial charge >= 0.3 is 0 Å². The number of methoxy groups -OCH3 is 1. The second-order valence-corrected chi connectivity index (χ2v) is 6.02. The zero-order valence-electron chi connectivity index (χ0n) is 12.0. The molecule has 1 aromatic carbocycles. The molecule has 0 heterocycles. The Morgan fingerprint density at radius 2 is 2.00 bits per heavy atom. The van der Waals surface area contributed by atoms with E-state index in [1.54, 1.807) is 7.11 Å². The van der Waals surface area contributed by atoms with Crippen molar-refractivity contribution in [1.82, 2.24) is 10.0 Å². The molecule has 9 heteroatoms. The lowest BCUT2D eigenvalue weighted by Crippen LogP contribution is -2.33. The van der Waals surface area contributed by atoms with Crippen molar-refractivity contribution in [3.63, 3.8) is 0 Å². The minimum atomic E-state index is -3.92. The number of nitrogens with one attached hydrogen (secondary N) is 2. The second kappa shape index (κ2) is 8.03. The SMILES string of the molecule is COCCNCCNS(=O)(=O)c1c(C)cccc1[N+](=O)[O-]. The van der Waals surface area contributed by atoms with Crippen LogP contribution in [-0.2, 0) is 14.8 Å². The molecule has 0 radical (unpaired) electrons. The predicted molar refractivity (Wildman–Crippen MR) is 77.8 cm³/mol. The summed E-state index contributed by atoms with van der Waals surface area (Å²) in [5.41, 5.74) is -0.0844. The fraction of sp³-hybridized carbons (Fsp3) is 0.500. The van der Waals surface area contributed by atoms with Crippen molar-refractivity contribution in [2.75, 3.05) is 33.4 Å². The zero-order valence-corrected chi connectivity index (χ0v) is 12.8. The smallest absolute Gasteiger partial charge is 0.289 e. The van der Waals surface area contributed by atoms with Gasteiger partial charge in [0.2, 0.25) is 10.0 Å². The van der Waals surface area contributed by atoms with Crippen molar-refractivity contribution >= 4 is 15.7 Å². The van der Waals surface area contributed by atoms with Gasteiger partial charge in [0.25, 0.3) is 5.69 Å². The second-order valence-electron chi connectivity index (χ2n) is 4.32. The Bertz CT molecular complexity index is 589. The first kappa shape index (κ1) is 17.5. The topological polar surface area (TPSA) is 111 Å². The van der Waals surface area contributed by atoms with Gasteiger partial charge < -0.3 is 10.1 Å². The summed E-state index contributed by atoms with van der Waals surface area (Å²) in [6.45, 7) is 3.19. The van der Waals surface area contributed by atoms with Crippen LogP contribution in [0.2, 0.25) is 0 Å². The van der Waals surface area contributed by atoms with Crippen LogP contribution in [-0.4, -0.2) is 46.7 Å². The summed E-state index contributed by atoms with van der Waals surface area (Å²) in [6, 6.07) is 4.16. The van der Waals surface area contributed by atoms with Crippen LogP contribution in [0.1, 0.15) is 5.56 Å². The molecule has 0 unspecified atom stereocenters. The number of aryl methyl sites for hydroxylation is 1. The van der Waals surface area contributed by atoms with Gasteiger partial charge in [0.1, 0.15) is 0 Å². The van der Waals surface area contributed by atoms with Crippen LogP contribution in [0.5, 0.6) is 0 Å². The Morgan fingerprint density at radius 3 is 2.62 bits per heavy atom. The van der Waals surface area contributed by atoms with E-state index in [0.717, 1.165) is 0 Å². The molecule has 0 fully saturated rings. The van der Waals surface area contributed by atoms with E-state index in [-0.39, 0.29) is 11.4 Å². The molecule has 0 atom stereocenters. The highest BCUT2D eigenvalue weighted by atomic mass is 32.2. The van der Waals surface area contributed by atoms with Crippen LogP contribution in [0, 0.1) is 17.0 Å². The molecule has 0 spiro atoms. The molecule has 0 aliphatic carbocycles. The molecule has 0 aliphatic heterocycles. The average molecular weight is 317 g/mol. The van der Waals surface area contributed by atoms with Crippen LogP contribution in [0.15, 0.2) is 23.1 Å². The van der Waals surface area contributed by atoms with E-state index in [9.17, 15) is 18.5 Å².